The summed E-state index contributed by atoms with van der Waals surface area (Å²) in [5.41, 5.74) is 0.331. The van der Waals surface area contributed by atoms with Gasteiger partial charge in [0.2, 0.25) is 0 Å². The molecule has 0 aromatic heterocycles. The van der Waals surface area contributed by atoms with Crippen LogP contribution in [0.2, 0.25) is 0 Å². The van der Waals surface area contributed by atoms with Crippen LogP contribution >= 0.6 is 0 Å². The summed E-state index contributed by atoms with van der Waals surface area (Å²) < 4.78 is 5.08. The SMILES string of the molecule is [CH2]CC(COC)C(C)(C)C. The number of hydrogen-bond acceptors (Lipinski definition) is 1. The normalized spacial score (nSPS) is 15.3. The Labute approximate surface area is 64.8 Å². The van der Waals surface area contributed by atoms with E-state index in [0.29, 0.717) is 11.3 Å². The fraction of sp³-hybridized carbons (Fsp3) is 0.889. The molecular formula is C9H19O. The third-order valence-corrected chi connectivity index (χ3v) is 1.94. The molecule has 0 fully saturated rings. The first-order chi connectivity index (χ1) is 4.52. The average molecular weight is 143 g/mol. The van der Waals surface area contributed by atoms with E-state index in [1.54, 1.807) is 7.11 Å². The molecule has 0 aliphatic rings. The molecule has 1 radical (unpaired) electrons. The van der Waals surface area contributed by atoms with Crippen molar-refractivity contribution in [2.45, 2.75) is 27.2 Å². The Morgan fingerprint density at radius 2 is 1.90 bits per heavy atom. The van der Waals surface area contributed by atoms with E-state index in [2.05, 4.69) is 27.7 Å². The first kappa shape index (κ1) is 9.96. The lowest BCUT2D eigenvalue weighted by Gasteiger charge is -2.28. The minimum absolute atomic E-state index is 0.331. The van der Waals surface area contributed by atoms with Crippen LogP contribution in [0, 0.1) is 18.3 Å². The largest absolute Gasteiger partial charge is 0.384 e. The maximum atomic E-state index is 5.08. The molecule has 10 heavy (non-hydrogen) atoms. The highest BCUT2D eigenvalue weighted by Gasteiger charge is 2.22. The maximum Gasteiger partial charge on any atom is 0.0495 e. The van der Waals surface area contributed by atoms with Crippen LogP contribution in [0.15, 0.2) is 0 Å². The van der Waals surface area contributed by atoms with Gasteiger partial charge in [0.05, 0.1) is 0 Å². The van der Waals surface area contributed by atoms with E-state index < -0.39 is 0 Å². The van der Waals surface area contributed by atoms with Gasteiger partial charge in [-0.15, -0.1) is 0 Å². The van der Waals surface area contributed by atoms with Crippen molar-refractivity contribution in [3.63, 3.8) is 0 Å². The van der Waals surface area contributed by atoms with Crippen molar-refractivity contribution >= 4 is 0 Å². The predicted octanol–water partition coefficient (Wildman–Crippen LogP) is 2.52. The van der Waals surface area contributed by atoms with Crippen molar-refractivity contribution in [2.24, 2.45) is 11.3 Å². The lowest BCUT2D eigenvalue weighted by Crippen LogP contribution is -2.23. The molecule has 0 saturated carbocycles. The van der Waals surface area contributed by atoms with Crippen molar-refractivity contribution in [3.8, 4) is 0 Å². The molecule has 61 valence electrons. The summed E-state index contributed by atoms with van der Waals surface area (Å²) >= 11 is 0. The number of hydrogen-bond donors (Lipinski definition) is 0. The lowest BCUT2D eigenvalue weighted by molar-refractivity contribution is 0.0915. The zero-order chi connectivity index (χ0) is 8.20. The summed E-state index contributed by atoms with van der Waals surface area (Å²) in [4.78, 5) is 0. The standard InChI is InChI=1S/C9H19O/c1-6-8(7-10-5)9(2,3)4/h8H,1,6-7H2,2-5H3. The van der Waals surface area contributed by atoms with Crippen molar-refractivity contribution in [2.75, 3.05) is 13.7 Å². The van der Waals surface area contributed by atoms with Crippen LogP contribution in [0.25, 0.3) is 0 Å². The molecule has 0 heterocycles. The van der Waals surface area contributed by atoms with Gasteiger partial charge in [0, 0.05) is 13.7 Å². The Hall–Kier alpha value is -0.0400. The van der Waals surface area contributed by atoms with Crippen LogP contribution < -0.4 is 0 Å². The second kappa shape index (κ2) is 3.97. The van der Waals surface area contributed by atoms with Crippen LogP contribution in [0.5, 0.6) is 0 Å². The molecular weight excluding hydrogens is 124 g/mol. The van der Waals surface area contributed by atoms with Crippen LogP contribution in [0.3, 0.4) is 0 Å². The molecule has 0 aliphatic carbocycles. The summed E-state index contributed by atoms with van der Waals surface area (Å²) in [7, 11) is 1.74. The zero-order valence-corrected chi connectivity index (χ0v) is 7.61. The first-order valence-electron chi connectivity index (χ1n) is 3.80. The van der Waals surface area contributed by atoms with Gasteiger partial charge in [0.1, 0.15) is 0 Å². The molecule has 0 aromatic rings. The fourth-order valence-corrected chi connectivity index (χ4v) is 0.968. The van der Waals surface area contributed by atoms with Gasteiger partial charge in [-0.1, -0.05) is 27.7 Å². The van der Waals surface area contributed by atoms with Crippen LogP contribution in [0.1, 0.15) is 27.2 Å². The molecule has 0 rings (SSSR count). The average Bonchev–Trinajstić information content (AvgIpc) is 1.80. The van der Waals surface area contributed by atoms with E-state index in [4.69, 9.17) is 4.74 Å². The smallest absolute Gasteiger partial charge is 0.0495 e. The van der Waals surface area contributed by atoms with Crippen LogP contribution in [-0.4, -0.2) is 13.7 Å². The van der Waals surface area contributed by atoms with Gasteiger partial charge in [0.15, 0.2) is 0 Å². The third-order valence-electron chi connectivity index (χ3n) is 1.94. The Kier molecular flexibility index (Phi) is 3.95. The Balaban J connectivity index is 3.81. The summed E-state index contributed by atoms with van der Waals surface area (Å²) in [5, 5.41) is 0. The highest BCUT2D eigenvalue weighted by Crippen LogP contribution is 2.28. The summed E-state index contributed by atoms with van der Waals surface area (Å²) in [6.45, 7) is 11.4. The van der Waals surface area contributed by atoms with Gasteiger partial charge in [-0.05, 0) is 17.8 Å². The molecule has 1 heteroatoms. The third kappa shape index (κ3) is 3.21. The maximum absolute atomic E-state index is 5.08. The molecule has 0 saturated heterocycles. The summed E-state index contributed by atoms with van der Waals surface area (Å²) in [5.74, 6) is 0.581. The van der Waals surface area contributed by atoms with Crippen molar-refractivity contribution in [1.29, 1.82) is 0 Å². The fourth-order valence-electron chi connectivity index (χ4n) is 0.968. The monoisotopic (exact) mass is 143 g/mol. The molecule has 1 nitrogen and oxygen atoms in total. The summed E-state index contributed by atoms with van der Waals surface area (Å²) in [6, 6.07) is 0. The molecule has 0 amide bonds. The second-order valence-corrected chi connectivity index (χ2v) is 3.81. The number of ether oxygens (including phenoxy) is 1. The van der Waals surface area contributed by atoms with Crippen molar-refractivity contribution in [1.82, 2.24) is 0 Å². The molecule has 1 unspecified atom stereocenters. The van der Waals surface area contributed by atoms with Gasteiger partial charge in [-0.2, -0.15) is 0 Å². The predicted molar refractivity (Wildman–Crippen MR) is 44.8 cm³/mol. The zero-order valence-electron chi connectivity index (χ0n) is 7.61. The molecule has 0 bridgehead atoms. The topological polar surface area (TPSA) is 9.23 Å². The lowest BCUT2D eigenvalue weighted by atomic mass is 9.80. The van der Waals surface area contributed by atoms with Gasteiger partial charge >= 0.3 is 0 Å². The number of rotatable bonds is 3. The van der Waals surface area contributed by atoms with E-state index in [1.807, 2.05) is 0 Å². The quantitative estimate of drug-likeness (QED) is 0.590. The van der Waals surface area contributed by atoms with E-state index in [1.165, 1.54) is 0 Å². The van der Waals surface area contributed by atoms with E-state index >= 15 is 0 Å². The summed E-state index contributed by atoms with van der Waals surface area (Å²) in [6.07, 6.45) is 0.956. The van der Waals surface area contributed by atoms with Crippen LogP contribution in [0.4, 0.5) is 0 Å². The molecule has 1 atom stereocenters. The molecule has 0 spiro atoms. The Bertz CT molecular complexity index is 81.2. The molecule has 0 aliphatic heterocycles. The van der Waals surface area contributed by atoms with Crippen molar-refractivity contribution in [3.05, 3.63) is 6.92 Å². The van der Waals surface area contributed by atoms with Gasteiger partial charge in [0.25, 0.3) is 0 Å². The second-order valence-electron chi connectivity index (χ2n) is 3.81. The molecule has 0 N–H and O–H groups in total. The van der Waals surface area contributed by atoms with E-state index in [9.17, 15) is 0 Å². The first-order valence-corrected chi connectivity index (χ1v) is 3.80. The highest BCUT2D eigenvalue weighted by atomic mass is 16.5. The van der Waals surface area contributed by atoms with E-state index in [0.717, 1.165) is 13.0 Å². The minimum atomic E-state index is 0.331. The van der Waals surface area contributed by atoms with Crippen molar-refractivity contribution < 1.29 is 4.74 Å². The Morgan fingerprint density at radius 1 is 1.40 bits per heavy atom. The minimum Gasteiger partial charge on any atom is -0.384 e. The van der Waals surface area contributed by atoms with Crippen LogP contribution in [-0.2, 0) is 4.74 Å². The van der Waals surface area contributed by atoms with Gasteiger partial charge < -0.3 is 4.74 Å². The number of methoxy groups -OCH3 is 1. The molecule has 0 aromatic carbocycles. The highest BCUT2D eigenvalue weighted by molar-refractivity contribution is 4.74. The Morgan fingerprint density at radius 3 is 2.00 bits per heavy atom. The van der Waals surface area contributed by atoms with Gasteiger partial charge in [-0.3, -0.25) is 0 Å². The van der Waals surface area contributed by atoms with Gasteiger partial charge in [-0.25, -0.2) is 0 Å². The van der Waals surface area contributed by atoms with E-state index in [-0.39, 0.29) is 0 Å².